The van der Waals surface area contributed by atoms with Gasteiger partial charge in [-0.05, 0) is 122 Å². The summed E-state index contributed by atoms with van der Waals surface area (Å²) in [5, 5.41) is 9.68. The van der Waals surface area contributed by atoms with Crippen LogP contribution in [0.4, 0.5) is 0 Å². The van der Waals surface area contributed by atoms with Crippen LogP contribution >= 0.6 is 0 Å². The molecule has 5 heteroatoms. The fraction of sp³-hybridized carbons (Fsp3) is 0.634. The van der Waals surface area contributed by atoms with Crippen LogP contribution in [-0.4, -0.2) is 36.4 Å². The second kappa shape index (κ2) is 65.1. The van der Waals surface area contributed by atoms with Gasteiger partial charge in [0.1, 0.15) is 6.61 Å². The Hall–Kier alpha value is -4.22. The van der Waals surface area contributed by atoms with E-state index in [0.29, 0.717) is 12.8 Å². The Morgan fingerprint density at radius 2 is 0.566 bits per heavy atom. The molecule has 0 aliphatic heterocycles. The number of allylic oxidation sites excluding steroid dienone is 24. The van der Waals surface area contributed by atoms with Crippen LogP contribution in [0.1, 0.15) is 271 Å². The number of aliphatic hydroxyl groups excluding tert-OH is 1. The predicted octanol–water partition coefficient (Wildman–Crippen LogP) is 21.8. The summed E-state index contributed by atoms with van der Waals surface area (Å²) in [5.74, 6) is -0.618. The number of carbonyl (C=O) groups excluding carboxylic acids is 2. The first-order valence-corrected chi connectivity index (χ1v) is 31.4. The molecule has 0 aromatic heterocycles. The van der Waals surface area contributed by atoms with E-state index in [2.05, 4.69) is 160 Å². The van der Waals surface area contributed by atoms with E-state index in [4.69, 9.17) is 9.47 Å². The quantitative estimate of drug-likeness (QED) is 0.0373. The molecule has 1 unspecified atom stereocenters. The molecule has 76 heavy (non-hydrogen) atoms. The molecule has 0 fully saturated rings. The van der Waals surface area contributed by atoms with Crippen molar-refractivity contribution in [2.45, 2.75) is 277 Å². The van der Waals surface area contributed by atoms with Gasteiger partial charge in [0.2, 0.25) is 0 Å². The van der Waals surface area contributed by atoms with Crippen LogP contribution in [0.3, 0.4) is 0 Å². The minimum atomic E-state index is -0.795. The molecule has 0 saturated heterocycles. The summed E-state index contributed by atoms with van der Waals surface area (Å²) in [6.07, 6.45) is 98.3. The molecule has 0 aromatic rings. The van der Waals surface area contributed by atoms with E-state index >= 15 is 0 Å². The van der Waals surface area contributed by atoms with Crippen molar-refractivity contribution in [3.63, 3.8) is 0 Å². The van der Waals surface area contributed by atoms with Crippen LogP contribution < -0.4 is 0 Å². The molecule has 0 aromatic carbocycles. The molecule has 0 saturated carbocycles. The van der Waals surface area contributed by atoms with Crippen molar-refractivity contribution in [1.82, 2.24) is 0 Å². The first-order valence-electron chi connectivity index (χ1n) is 31.4. The zero-order valence-corrected chi connectivity index (χ0v) is 49.2. The molecule has 0 aliphatic carbocycles. The number of ether oxygens (including phenoxy) is 2. The number of aliphatic hydroxyl groups is 1. The Balaban J connectivity index is 3.59. The molecule has 0 rings (SSSR count). The van der Waals surface area contributed by atoms with Gasteiger partial charge in [0.25, 0.3) is 0 Å². The van der Waals surface area contributed by atoms with E-state index in [9.17, 15) is 14.7 Å². The van der Waals surface area contributed by atoms with E-state index < -0.39 is 6.10 Å². The summed E-state index contributed by atoms with van der Waals surface area (Å²) in [6.45, 7) is 4.00. The standard InChI is InChI=1S/C71H116O5/c1-3-5-7-9-11-13-15-17-19-21-23-25-27-29-31-33-34-35-36-38-40-42-44-46-48-50-52-54-56-58-60-62-64-66-71(74)76-69(67-72)68-75-70(73)65-63-61-59-57-55-53-51-49-47-45-43-41-39-37-32-30-28-26-24-22-20-18-16-14-12-10-8-6-4-2/h5,7,11,13,16-19,22-25,28-31,34-35,38,40,44,46,50,52,69,72H,3-4,6,8-10,12,14-15,20-21,26-27,32-33,36-37,39,41-43,45,47-49,51,53-68H2,1-2H3/b7-5-,13-11-,18-16-,19-17-,24-22-,25-23-,30-28-,31-29-,35-34-,40-38-,46-44-,52-50-. The summed E-state index contributed by atoms with van der Waals surface area (Å²) < 4.78 is 10.7. The number of unbranched alkanes of at least 4 members (excludes halogenated alkanes) is 24. The minimum absolute atomic E-state index is 0.0823. The van der Waals surface area contributed by atoms with Gasteiger partial charge in [0, 0.05) is 12.8 Å². The Kier molecular flexibility index (Phi) is 61.5. The Labute approximate surface area is 469 Å². The van der Waals surface area contributed by atoms with Crippen molar-refractivity contribution < 1.29 is 24.2 Å². The van der Waals surface area contributed by atoms with Gasteiger partial charge < -0.3 is 14.6 Å². The van der Waals surface area contributed by atoms with Gasteiger partial charge in [0.15, 0.2) is 6.10 Å². The highest BCUT2D eigenvalue weighted by Gasteiger charge is 2.16. The summed E-state index contributed by atoms with van der Waals surface area (Å²) in [5.41, 5.74) is 0. The molecule has 0 spiro atoms. The fourth-order valence-corrected chi connectivity index (χ4v) is 8.44. The maximum absolute atomic E-state index is 12.3. The van der Waals surface area contributed by atoms with Gasteiger partial charge in [-0.3, -0.25) is 9.59 Å². The third kappa shape index (κ3) is 62.3. The van der Waals surface area contributed by atoms with Crippen LogP contribution in [0.2, 0.25) is 0 Å². The third-order valence-corrected chi connectivity index (χ3v) is 13.1. The molecular weight excluding hydrogens is 933 g/mol. The number of rotatable bonds is 56. The summed E-state index contributed by atoms with van der Waals surface area (Å²) in [6, 6.07) is 0. The normalized spacial score (nSPS) is 13.2. The average molecular weight is 1050 g/mol. The lowest BCUT2D eigenvalue weighted by atomic mass is 10.0. The monoisotopic (exact) mass is 1050 g/mol. The first kappa shape index (κ1) is 71.8. The van der Waals surface area contributed by atoms with Crippen molar-refractivity contribution in [2.24, 2.45) is 0 Å². The van der Waals surface area contributed by atoms with E-state index in [1.165, 1.54) is 116 Å². The molecule has 5 nitrogen and oxygen atoms in total. The zero-order valence-electron chi connectivity index (χ0n) is 49.2. The maximum Gasteiger partial charge on any atom is 0.306 e. The minimum Gasteiger partial charge on any atom is -0.462 e. The number of hydrogen-bond acceptors (Lipinski definition) is 5. The van der Waals surface area contributed by atoms with E-state index in [0.717, 1.165) is 128 Å². The van der Waals surface area contributed by atoms with Crippen LogP contribution in [0, 0.1) is 0 Å². The summed E-state index contributed by atoms with van der Waals surface area (Å²) in [4.78, 5) is 24.6. The Morgan fingerprint density at radius 3 is 0.855 bits per heavy atom. The van der Waals surface area contributed by atoms with Gasteiger partial charge >= 0.3 is 11.9 Å². The molecule has 430 valence electrons. The highest BCUT2D eigenvalue weighted by atomic mass is 16.6. The Morgan fingerprint density at radius 1 is 0.316 bits per heavy atom. The first-order chi connectivity index (χ1) is 37.6. The topological polar surface area (TPSA) is 72.8 Å². The van der Waals surface area contributed by atoms with Crippen LogP contribution in [-0.2, 0) is 19.1 Å². The second-order valence-electron chi connectivity index (χ2n) is 20.4. The SMILES string of the molecule is CC/C=C\C/C=C\C/C=C\C/C=C\C/C=C\C/C=C\C/C=C\C/C=C\C/C=C\CCCCCCCC(=O)OC(CO)COC(=O)CCCCCCCCCCCCCCCC/C=C\C/C=C\C/C=C\CCCCCCC. The van der Waals surface area contributed by atoms with E-state index in [-0.39, 0.29) is 25.2 Å². The molecule has 0 amide bonds. The lowest BCUT2D eigenvalue weighted by Crippen LogP contribution is -2.28. The van der Waals surface area contributed by atoms with Gasteiger partial charge in [-0.15, -0.1) is 0 Å². The Bertz CT molecular complexity index is 1610. The maximum atomic E-state index is 12.3. The smallest absolute Gasteiger partial charge is 0.306 e. The molecule has 1 N–H and O–H groups in total. The van der Waals surface area contributed by atoms with Crippen molar-refractivity contribution in [3.8, 4) is 0 Å². The summed E-state index contributed by atoms with van der Waals surface area (Å²) in [7, 11) is 0. The highest BCUT2D eigenvalue weighted by Crippen LogP contribution is 2.15. The van der Waals surface area contributed by atoms with Crippen molar-refractivity contribution in [3.05, 3.63) is 146 Å². The van der Waals surface area contributed by atoms with Crippen LogP contribution in [0.25, 0.3) is 0 Å². The lowest BCUT2D eigenvalue weighted by Gasteiger charge is -2.15. The molecule has 0 heterocycles. The largest absolute Gasteiger partial charge is 0.462 e. The van der Waals surface area contributed by atoms with Gasteiger partial charge in [-0.25, -0.2) is 0 Å². The molecule has 1 atom stereocenters. The molecular formula is C71H116O5. The molecule has 0 radical (unpaired) electrons. The highest BCUT2D eigenvalue weighted by molar-refractivity contribution is 5.70. The second-order valence-corrected chi connectivity index (χ2v) is 20.4. The van der Waals surface area contributed by atoms with Crippen molar-refractivity contribution in [1.29, 1.82) is 0 Å². The fourth-order valence-electron chi connectivity index (χ4n) is 8.44. The number of hydrogen-bond donors (Lipinski definition) is 1. The van der Waals surface area contributed by atoms with E-state index in [1.54, 1.807) is 0 Å². The molecule has 0 bridgehead atoms. The van der Waals surface area contributed by atoms with Crippen molar-refractivity contribution in [2.75, 3.05) is 13.2 Å². The number of esters is 2. The third-order valence-electron chi connectivity index (χ3n) is 13.1. The lowest BCUT2D eigenvalue weighted by molar-refractivity contribution is -0.161. The van der Waals surface area contributed by atoms with Crippen molar-refractivity contribution >= 4 is 11.9 Å². The van der Waals surface area contributed by atoms with Crippen LogP contribution in [0.5, 0.6) is 0 Å². The van der Waals surface area contributed by atoms with Gasteiger partial charge in [-0.1, -0.05) is 282 Å². The van der Waals surface area contributed by atoms with Crippen LogP contribution in [0.15, 0.2) is 146 Å². The van der Waals surface area contributed by atoms with Gasteiger partial charge in [0.05, 0.1) is 6.61 Å². The zero-order chi connectivity index (χ0) is 54.8. The van der Waals surface area contributed by atoms with E-state index in [1.807, 2.05) is 0 Å². The molecule has 0 aliphatic rings. The predicted molar refractivity (Wildman–Crippen MR) is 334 cm³/mol. The average Bonchev–Trinajstić information content (AvgIpc) is 3.42. The van der Waals surface area contributed by atoms with Gasteiger partial charge in [-0.2, -0.15) is 0 Å². The summed E-state index contributed by atoms with van der Waals surface area (Å²) >= 11 is 0. The number of carbonyl (C=O) groups is 2.